The zero-order chi connectivity index (χ0) is 19.6. The molecule has 3 aromatic carbocycles. The fourth-order valence-corrected chi connectivity index (χ4v) is 4.89. The second-order valence-electron chi connectivity index (χ2n) is 8.21. The lowest BCUT2D eigenvalue weighted by atomic mass is 9.68. The van der Waals surface area contributed by atoms with Crippen LogP contribution < -0.4 is 0 Å². The average molecular weight is 372 g/mol. The summed E-state index contributed by atoms with van der Waals surface area (Å²) in [6.45, 7) is 2.21. The highest BCUT2D eigenvalue weighted by Crippen LogP contribution is 2.49. The lowest BCUT2D eigenvalue weighted by Gasteiger charge is -2.52. The molecule has 28 heavy (non-hydrogen) atoms. The molecule has 2 heteroatoms. The Morgan fingerprint density at radius 1 is 0.821 bits per heavy atom. The molecule has 1 saturated heterocycles. The lowest BCUT2D eigenvalue weighted by Crippen LogP contribution is -2.53. The van der Waals surface area contributed by atoms with Gasteiger partial charge in [0.2, 0.25) is 0 Å². The van der Waals surface area contributed by atoms with Crippen molar-refractivity contribution in [3.05, 3.63) is 108 Å². The summed E-state index contributed by atoms with van der Waals surface area (Å²) < 4.78 is 0. The zero-order valence-electron chi connectivity index (χ0n) is 16.7. The van der Waals surface area contributed by atoms with E-state index < -0.39 is 5.60 Å². The number of likely N-dealkylation sites (tertiary alicyclic amines) is 1. The fraction of sp³-hybridized carbons (Fsp3) is 0.308. The molecule has 0 aromatic heterocycles. The maximum Gasteiger partial charge on any atom is 0.0749 e. The molecule has 0 amide bonds. The summed E-state index contributed by atoms with van der Waals surface area (Å²) in [6, 6.07) is 32.0. The monoisotopic (exact) mass is 371 g/mol. The first-order valence-electron chi connectivity index (χ1n) is 10.2. The third kappa shape index (κ3) is 3.63. The Balaban J connectivity index is 1.75. The highest BCUT2D eigenvalue weighted by atomic mass is 16.3. The van der Waals surface area contributed by atoms with Gasteiger partial charge in [-0.15, -0.1) is 0 Å². The van der Waals surface area contributed by atoms with Crippen molar-refractivity contribution in [2.45, 2.75) is 37.5 Å². The zero-order valence-corrected chi connectivity index (χ0v) is 16.7. The molecule has 0 spiro atoms. The van der Waals surface area contributed by atoms with Crippen LogP contribution in [0.1, 0.15) is 42.1 Å². The summed E-state index contributed by atoms with van der Waals surface area (Å²) >= 11 is 0. The first kappa shape index (κ1) is 18.9. The van der Waals surface area contributed by atoms with Crippen LogP contribution in [0.25, 0.3) is 0 Å². The van der Waals surface area contributed by atoms with Crippen LogP contribution in [0.15, 0.2) is 91.0 Å². The summed E-state index contributed by atoms with van der Waals surface area (Å²) in [5.41, 5.74) is 2.96. The van der Waals surface area contributed by atoms with Gasteiger partial charge in [-0.1, -0.05) is 97.9 Å². The Morgan fingerprint density at radius 2 is 1.32 bits per heavy atom. The Labute approximate surface area is 168 Å². The SMILES string of the molecule is C[C@H]1[C@H](c2ccccc2)N(C)[C@H](c2ccccc2)C[C@]1(O)Cc1ccccc1. The van der Waals surface area contributed by atoms with Gasteiger partial charge in [-0.2, -0.15) is 0 Å². The Hall–Kier alpha value is -2.42. The minimum atomic E-state index is -0.769. The number of piperidine rings is 1. The van der Waals surface area contributed by atoms with Crippen LogP contribution in [-0.2, 0) is 6.42 Å². The standard InChI is InChI=1S/C26H29NO/c1-20-25(23-16-10-5-11-17-23)27(2)24(22-14-8-4-9-15-22)19-26(20,28)18-21-12-6-3-7-13-21/h3-17,20,24-25,28H,18-19H2,1-2H3/t20-,24-,25+,26+/m0/s1. The molecule has 1 fully saturated rings. The molecule has 144 valence electrons. The Morgan fingerprint density at radius 3 is 1.89 bits per heavy atom. The fourth-order valence-electron chi connectivity index (χ4n) is 4.89. The van der Waals surface area contributed by atoms with Gasteiger partial charge in [0.15, 0.2) is 0 Å². The van der Waals surface area contributed by atoms with Gasteiger partial charge in [-0.25, -0.2) is 0 Å². The number of rotatable bonds is 4. The molecular weight excluding hydrogens is 342 g/mol. The van der Waals surface area contributed by atoms with E-state index >= 15 is 0 Å². The molecule has 1 aliphatic rings. The van der Waals surface area contributed by atoms with E-state index in [0.717, 1.165) is 6.42 Å². The van der Waals surface area contributed by atoms with E-state index in [9.17, 15) is 5.11 Å². The molecule has 1 N–H and O–H groups in total. The van der Waals surface area contributed by atoms with Crippen molar-refractivity contribution in [1.82, 2.24) is 4.90 Å². The van der Waals surface area contributed by atoms with Crippen LogP contribution in [0.4, 0.5) is 0 Å². The quantitative estimate of drug-likeness (QED) is 0.662. The molecule has 4 rings (SSSR count). The second-order valence-corrected chi connectivity index (χ2v) is 8.21. The van der Waals surface area contributed by atoms with Crippen molar-refractivity contribution in [2.24, 2.45) is 5.92 Å². The van der Waals surface area contributed by atoms with Crippen molar-refractivity contribution in [3.8, 4) is 0 Å². The van der Waals surface area contributed by atoms with E-state index in [1.54, 1.807) is 0 Å². The van der Waals surface area contributed by atoms with Crippen molar-refractivity contribution < 1.29 is 5.11 Å². The lowest BCUT2D eigenvalue weighted by molar-refractivity contribution is -0.113. The van der Waals surface area contributed by atoms with Gasteiger partial charge in [0.1, 0.15) is 0 Å². The smallest absolute Gasteiger partial charge is 0.0749 e. The van der Waals surface area contributed by atoms with Gasteiger partial charge in [0, 0.05) is 24.4 Å². The van der Waals surface area contributed by atoms with Gasteiger partial charge >= 0.3 is 0 Å². The highest BCUT2D eigenvalue weighted by molar-refractivity contribution is 5.28. The molecule has 0 radical (unpaired) electrons. The van der Waals surface area contributed by atoms with Gasteiger partial charge in [0.05, 0.1) is 5.60 Å². The summed E-state index contributed by atoms with van der Waals surface area (Å²) in [4.78, 5) is 2.45. The van der Waals surface area contributed by atoms with E-state index in [1.165, 1.54) is 16.7 Å². The molecular formula is C26H29NO. The summed E-state index contributed by atoms with van der Waals surface area (Å²) in [5, 5.41) is 11.9. The maximum atomic E-state index is 11.9. The van der Waals surface area contributed by atoms with Crippen LogP contribution in [0.5, 0.6) is 0 Å². The Bertz CT molecular complexity index is 880. The van der Waals surface area contributed by atoms with Crippen LogP contribution in [0.3, 0.4) is 0 Å². The molecule has 0 aliphatic carbocycles. The average Bonchev–Trinajstić information content (AvgIpc) is 2.73. The first-order chi connectivity index (χ1) is 13.6. The van der Waals surface area contributed by atoms with E-state index in [-0.39, 0.29) is 18.0 Å². The number of hydrogen-bond acceptors (Lipinski definition) is 2. The molecule has 0 unspecified atom stereocenters. The van der Waals surface area contributed by atoms with E-state index in [2.05, 4.69) is 104 Å². The molecule has 1 aliphatic heterocycles. The number of aliphatic hydroxyl groups is 1. The summed E-state index contributed by atoms with van der Waals surface area (Å²) in [7, 11) is 2.20. The molecule has 1 heterocycles. The van der Waals surface area contributed by atoms with Crippen molar-refractivity contribution >= 4 is 0 Å². The van der Waals surface area contributed by atoms with Crippen LogP contribution >= 0.6 is 0 Å². The summed E-state index contributed by atoms with van der Waals surface area (Å²) in [6.07, 6.45) is 1.41. The molecule has 2 nitrogen and oxygen atoms in total. The van der Waals surface area contributed by atoms with Gasteiger partial charge in [0.25, 0.3) is 0 Å². The van der Waals surface area contributed by atoms with Crippen molar-refractivity contribution in [2.75, 3.05) is 7.05 Å². The summed E-state index contributed by atoms with van der Waals surface area (Å²) in [5.74, 6) is 0.111. The number of benzene rings is 3. The minimum Gasteiger partial charge on any atom is -0.389 e. The molecule has 3 aromatic rings. The number of hydrogen-bond donors (Lipinski definition) is 1. The molecule has 4 atom stereocenters. The third-order valence-corrected chi connectivity index (χ3v) is 6.48. The third-order valence-electron chi connectivity index (χ3n) is 6.48. The largest absolute Gasteiger partial charge is 0.389 e. The predicted molar refractivity (Wildman–Crippen MR) is 115 cm³/mol. The first-order valence-corrected chi connectivity index (χ1v) is 10.2. The normalized spacial score (nSPS) is 28.2. The second kappa shape index (κ2) is 7.90. The van der Waals surface area contributed by atoms with Crippen LogP contribution in [0.2, 0.25) is 0 Å². The van der Waals surface area contributed by atoms with Gasteiger partial charge in [-0.05, 0) is 30.2 Å². The maximum absolute atomic E-state index is 11.9. The minimum absolute atomic E-state index is 0.111. The van der Waals surface area contributed by atoms with Crippen LogP contribution in [0, 0.1) is 5.92 Å². The van der Waals surface area contributed by atoms with Gasteiger partial charge < -0.3 is 5.11 Å². The van der Waals surface area contributed by atoms with E-state index in [1.807, 2.05) is 6.07 Å². The molecule has 0 saturated carbocycles. The van der Waals surface area contributed by atoms with Crippen molar-refractivity contribution in [3.63, 3.8) is 0 Å². The van der Waals surface area contributed by atoms with Crippen LogP contribution in [-0.4, -0.2) is 22.7 Å². The Kier molecular flexibility index (Phi) is 5.34. The predicted octanol–water partition coefficient (Wildman–Crippen LogP) is 5.41. The van der Waals surface area contributed by atoms with E-state index in [4.69, 9.17) is 0 Å². The number of nitrogens with zero attached hydrogens (tertiary/aromatic N) is 1. The molecule has 0 bridgehead atoms. The highest BCUT2D eigenvalue weighted by Gasteiger charge is 2.48. The topological polar surface area (TPSA) is 23.5 Å². The van der Waals surface area contributed by atoms with Gasteiger partial charge in [-0.3, -0.25) is 4.90 Å². The van der Waals surface area contributed by atoms with E-state index in [0.29, 0.717) is 6.42 Å². The van der Waals surface area contributed by atoms with Crippen molar-refractivity contribution in [1.29, 1.82) is 0 Å².